The maximum atomic E-state index is 12.1. The molecule has 3 aromatic rings. The van der Waals surface area contributed by atoms with Gasteiger partial charge in [0.25, 0.3) is 0 Å². The van der Waals surface area contributed by atoms with E-state index >= 15 is 0 Å². The number of amides is 1. The molecule has 3 heterocycles. The molecule has 8 heteroatoms. The summed E-state index contributed by atoms with van der Waals surface area (Å²) in [5.41, 5.74) is 2.21. The van der Waals surface area contributed by atoms with E-state index < -0.39 is 0 Å². The van der Waals surface area contributed by atoms with Gasteiger partial charge in [0.05, 0.1) is 18.8 Å². The lowest BCUT2D eigenvalue weighted by molar-refractivity contribution is -0.117. The lowest BCUT2D eigenvalue weighted by Gasteiger charge is -2.33. The summed E-state index contributed by atoms with van der Waals surface area (Å²) in [5.74, 6) is 0.00539. The van der Waals surface area contributed by atoms with E-state index in [-0.39, 0.29) is 5.91 Å². The van der Waals surface area contributed by atoms with E-state index in [0.717, 1.165) is 49.0 Å². The molecule has 2 aromatic heterocycles. The Balaban J connectivity index is 1.24. The van der Waals surface area contributed by atoms with Gasteiger partial charge in [0, 0.05) is 48.7 Å². The van der Waals surface area contributed by atoms with Gasteiger partial charge in [-0.3, -0.25) is 14.6 Å². The third kappa shape index (κ3) is 4.98. The summed E-state index contributed by atoms with van der Waals surface area (Å²) in [4.78, 5) is 25.5. The minimum atomic E-state index is 0.00539. The number of carbonyl (C=O) groups excluding carboxylic acids is 1. The maximum absolute atomic E-state index is 12.1. The Labute approximate surface area is 166 Å². The van der Waals surface area contributed by atoms with Crippen LogP contribution in [0.25, 0.3) is 11.3 Å². The van der Waals surface area contributed by atoms with Crippen LogP contribution >= 0.6 is 22.7 Å². The van der Waals surface area contributed by atoms with E-state index in [2.05, 4.69) is 37.6 Å². The van der Waals surface area contributed by atoms with E-state index in [1.54, 1.807) is 17.5 Å². The van der Waals surface area contributed by atoms with Gasteiger partial charge in [-0.05, 0) is 0 Å². The van der Waals surface area contributed by atoms with E-state index in [9.17, 15) is 4.79 Å². The summed E-state index contributed by atoms with van der Waals surface area (Å²) in [7, 11) is 0. The van der Waals surface area contributed by atoms with Crippen LogP contribution in [0.3, 0.4) is 0 Å². The lowest BCUT2D eigenvalue weighted by Crippen LogP contribution is -2.48. The molecule has 1 N–H and O–H groups in total. The molecular weight excluding hydrogens is 378 g/mol. The highest BCUT2D eigenvalue weighted by Crippen LogP contribution is 2.22. The lowest BCUT2D eigenvalue weighted by atomic mass is 10.2. The molecular formula is C19H21N5OS2. The van der Waals surface area contributed by atoms with Gasteiger partial charge >= 0.3 is 0 Å². The summed E-state index contributed by atoms with van der Waals surface area (Å²) in [5, 5.41) is 8.64. The zero-order chi connectivity index (χ0) is 18.5. The molecule has 0 atom stereocenters. The second kappa shape index (κ2) is 8.71. The monoisotopic (exact) mass is 399 g/mol. The van der Waals surface area contributed by atoms with Gasteiger partial charge in [0.1, 0.15) is 5.01 Å². The quantitative estimate of drug-likeness (QED) is 0.690. The molecule has 0 aliphatic carbocycles. The first kappa shape index (κ1) is 18.2. The molecule has 0 unspecified atom stereocenters. The fraction of sp³-hybridized carbons (Fsp3) is 0.316. The Hall–Kier alpha value is -2.13. The van der Waals surface area contributed by atoms with Crippen LogP contribution in [-0.4, -0.2) is 58.4 Å². The second-order valence-corrected chi connectivity index (χ2v) is 8.27. The molecule has 1 saturated heterocycles. The Morgan fingerprint density at radius 3 is 2.59 bits per heavy atom. The van der Waals surface area contributed by atoms with Crippen molar-refractivity contribution in [2.45, 2.75) is 6.54 Å². The Bertz CT molecular complexity index is 857. The summed E-state index contributed by atoms with van der Waals surface area (Å²) in [6, 6.07) is 10.3. The molecule has 140 valence electrons. The summed E-state index contributed by atoms with van der Waals surface area (Å²) in [6.07, 6.45) is 1.70. The van der Waals surface area contributed by atoms with E-state index in [0.29, 0.717) is 11.7 Å². The Morgan fingerprint density at radius 1 is 1.07 bits per heavy atom. The normalized spacial score (nSPS) is 15.7. The number of nitrogens with zero attached hydrogens (tertiary/aromatic N) is 4. The fourth-order valence-electron chi connectivity index (χ4n) is 3.07. The highest BCUT2D eigenvalue weighted by Gasteiger charge is 2.20. The van der Waals surface area contributed by atoms with Crippen molar-refractivity contribution in [2.75, 3.05) is 38.0 Å². The largest absolute Gasteiger partial charge is 0.301 e. The first-order valence-corrected chi connectivity index (χ1v) is 10.7. The number of anilines is 1. The van der Waals surface area contributed by atoms with Crippen molar-refractivity contribution < 1.29 is 4.79 Å². The van der Waals surface area contributed by atoms with Gasteiger partial charge < -0.3 is 5.32 Å². The van der Waals surface area contributed by atoms with Gasteiger partial charge in [0.15, 0.2) is 5.13 Å². The van der Waals surface area contributed by atoms with Gasteiger partial charge in [-0.2, -0.15) is 0 Å². The van der Waals surface area contributed by atoms with E-state index in [1.165, 1.54) is 11.3 Å². The fourth-order valence-corrected chi connectivity index (χ4v) is 4.46. The zero-order valence-electron chi connectivity index (χ0n) is 14.9. The van der Waals surface area contributed by atoms with Crippen LogP contribution in [0.2, 0.25) is 0 Å². The number of thiazole rings is 2. The second-order valence-electron chi connectivity index (χ2n) is 6.43. The predicted molar refractivity (Wildman–Crippen MR) is 110 cm³/mol. The van der Waals surface area contributed by atoms with Crippen LogP contribution in [0.15, 0.2) is 47.3 Å². The van der Waals surface area contributed by atoms with Crippen molar-refractivity contribution in [1.82, 2.24) is 19.8 Å². The van der Waals surface area contributed by atoms with Gasteiger partial charge in [-0.1, -0.05) is 30.3 Å². The molecule has 0 radical (unpaired) electrons. The molecule has 1 amide bonds. The molecule has 0 spiro atoms. The molecule has 0 bridgehead atoms. The first-order valence-electron chi connectivity index (χ1n) is 8.90. The predicted octanol–water partition coefficient (Wildman–Crippen LogP) is 3.02. The standard InChI is InChI=1S/C19H21N5OS2/c25-17(22-19-20-6-11-26-19)12-23-7-9-24(10-8-23)13-18-21-16(14-27-18)15-4-2-1-3-5-15/h1-6,11,14H,7-10,12-13H2,(H,20,22,25). The topological polar surface area (TPSA) is 61.4 Å². The number of benzene rings is 1. The number of nitrogens with one attached hydrogen (secondary N) is 1. The number of hydrogen-bond acceptors (Lipinski definition) is 7. The SMILES string of the molecule is O=C(CN1CCN(Cc2nc(-c3ccccc3)cs2)CC1)Nc1nccs1. The first-order chi connectivity index (χ1) is 13.3. The maximum Gasteiger partial charge on any atom is 0.240 e. The van der Waals surface area contributed by atoms with Gasteiger partial charge in [0.2, 0.25) is 5.91 Å². The van der Waals surface area contributed by atoms with Crippen molar-refractivity contribution in [3.05, 3.63) is 52.3 Å². The van der Waals surface area contributed by atoms with Crippen molar-refractivity contribution >= 4 is 33.7 Å². The summed E-state index contributed by atoms with van der Waals surface area (Å²) < 4.78 is 0. The van der Waals surface area contributed by atoms with Crippen LogP contribution in [0, 0.1) is 0 Å². The summed E-state index contributed by atoms with van der Waals surface area (Å²) >= 11 is 3.15. The molecule has 1 aliphatic heterocycles. The molecule has 6 nitrogen and oxygen atoms in total. The third-order valence-corrected chi connectivity index (χ3v) is 6.01. The van der Waals surface area contributed by atoms with E-state index in [1.807, 2.05) is 23.6 Å². The summed E-state index contributed by atoms with van der Waals surface area (Å²) in [6.45, 7) is 4.97. The van der Waals surface area contributed by atoms with Crippen LogP contribution in [0.4, 0.5) is 5.13 Å². The minimum Gasteiger partial charge on any atom is -0.301 e. The van der Waals surface area contributed by atoms with Crippen molar-refractivity contribution in [1.29, 1.82) is 0 Å². The van der Waals surface area contributed by atoms with Crippen molar-refractivity contribution in [3.63, 3.8) is 0 Å². The number of carbonyl (C=O) groups is 1. The third-order valence-electron chi connectivity index (χ3n) is 4.49. The number of rotatable bonds is 6. The van der Waals surface area contributed by atoms with E-state index in [4.69, 9.17) is 4.98 Å². The van der Waals surface area contributed by atoms with Crippen molar-refractivity contribution in [3.8, 4) is 11.3 Å². The van der Waals surface area contributed by atoms with Gasteiger partial charge in [-0.15, -0.1) is 22.7 Å². The molecule has 1 fully saturated rings. The zero-order valence-corrected chi connectivity index (χ0v) is 16.5. The highest BCUT2D eigenvalue weighted by atomic mass is 32.1. The molecule has 4 rings (SSSR count). The van der Waals surface area contributed by atoms with Gasteiger partial charge in [-0.25, -0.2) is 9.97 Å². The van der Waals surface area contributed by atoms with Crippen LogP contribution in [0.5, 0.6) is 0 Å². The smallest absolute Gasteiger partial charge is 0.240 e. The average Bonchev–Trinajstić information content (AvgIpc) is 3.36. The number of hydrogen-bond donors (Lipinski definition) is 1. The molecule has 0 saturated carbocycles. The molecule has 27 heavy (non-hydrogen) atoms. The van der Waals surface area contributed by atoms with Crippen LogP contribution < -0.4 is 5.32 Å². The minimum absolute atomic E-state index is 0.00539. The van der Waals surface area contributed by atoms with Crippen LogP contribution in [-0.2, 0) is 11.3 Å². The van der Waals surface area contributed by atoms with Crippen LogP contribution in [0.1, 0.15) is 5.01 Å². The average molecular weight is 400 g/mol. The molecule has 1 aromatic carbocycles. The number of piperazine rings is 1. The molecule has 1 aliphatic rings. The Morgan fingerprint density at radius 2 is 1.85 bits per heavy atom. The van der Waals surface area contributed by atoms with Crippen molar-refractivity contribution in [2.24, 2.45) is 0 Å². The number of aromatic nitrogens is 2. The highest BCUT2D eigenvalue weighted by molar-refractivity contribution is 7.13. The Kier molecular flexibility index (Phi) is 5.88.